The van der Waals surface area contributed by atoms with E-state index in [4.69, 9.17) is 18.9 Å². The minimum atomic E-state index is -2.01. The maximum Gasteiger partial charge on any atom is 0.335 e. The average molecular weight is 809 g/mol. The Labute approximate surface area is 333 Å². The normalized spacial score (nSPS) is 53.2. The molecule has 0 bridgehead atoms. The highest BCUT2D eigenvalue weighted by molar-refractivity contribution is 5.75. The molecule has 5 aliphatic carbocycles. The Morgan fingerprint density at radius 2 is 1.26 bits per heavy atom. The van der Waals surface area contributed by atoms with Crippen molar-refractivity contribution in [3.63, 3.8) is 0 Å². The minimum Gasteiger partial charge on any atom is -0.481 e. The quantitative estimate of drug-likeness (QED) is 0.136. The van der Waals surface area contributed by atoms with E-state index in [1.54, 1.807) is 0 Å². The number of ether oxygens (including phenoxy) is 4. The second-order valence-electron chi connectivity index (χ2n) is 20.8. The summed E-state index contributed by atoms with van der Waals surface area (Å²) in [5.74, 6) is -3.24. The Morgan fingerprint density at radius 1 is 0.667 bits per heavy atom. The zero-order valence-electron chi connectivity index (χ0n) is 34.2. The topological polar surface area (TPSA) is 250 Å². The van der Waals surface area contributed by atoms with E-state index in [0.717, 1.165) is 38.5 Å². The molecule has 0 unspecified atom stereocenters. The molecule has 15 nitrogen and oxygen atoms in total. The fraction of sp³-hybridized carbons (Fsp3) is 0.881. The molecule has 8 N–H and O–H groups in total. The molecule has 0 aromatic heterocycles. The van der Waals surface area contributed by atoms with Crippen molar-refractivity contribution in [2.24, 2.45) is 50.2 Å². The molecule has 2 aliphatic heterocycles. The summed E-state index contributed by atoms with van der Waals surface area (Å²) in [4.78, 5) is 36.6. The van der Waals surface area contributed by atoms with Crippen molar-refractivity contribution in [3.05, 3.63) is 11.6 Å². The summed E-state index contributed by atoms with van der Waals surface area (Å²) in [6, 6.07) is 0. The van der Waals surface area contributed by atoms with Crippen molar-refractivity contribution in [1.29, 1.82) is 0 Å². The number of carboxylic acid groups (broad SMARTS) is 3. The standard InChI is InChI=1S/C42H64O15/c1-37(2)16-19(54-35-31(27(46)26(45)30(56-35)33(50)51)57-34-28(47)24(43)25(44)29(55-34)32(48)49)17-40(5)22(37)10-11-42(7)23(40)9-8-20-21-18-39(4,36(52)53)13-12-38(21,3)14-15-41(20,42)6/h8,19,21-31,34-35,43-47H,9-18H2,1-7H3,(H,48,49)(H,50,51)(H,52,53)/t19-,21-,22-,23-,24+,25+,26+,27+,28-,29+,30+,31-,34+,35-,38-,39+,40+,41-,42-/m1/s1. The first-order valence-electron chi connectivity index (χ1n) is 20.8. The van der Waals surface area contributed by atoms with Crippen LogP contribution in [0.4, 0.5) is 0 Å². The molecule has 6 fully saturated rings. The van der Waals surface area contributed by atoms with Gasteiger partial charge in [-0.3, -0.25) is 4.79 Å². The first kappa shape index (κ1) is 42.9. The van der Waals surface area contributed by atoms with Crippen LogP contribution in [0.1, 0.15) is 113 Å². The SMILES string of the molecule is CC1(C)C[C@@H](O[C@@H]2O[C@H](C(=O)O)[C@@H](O)[C@H](O)[C@H]2O[C@@H]2O[C@H](C(=O)O)[C@@H](O)[C@H](O)[C@H]2O)C[C@@]2(C)[C@@H]1CC[C@]1(C)[C@@H]2CC=C2[C@H]3C[C@@](C)(C(=O)O)CC[C@]3(C)CC[C@]21C. The van der Waals surface area contributed by atoms with Gasteiger partial charge in [0.1, 0.15) is 36.6 Å². The minimum absolute atomic E-state index is 0.0477. The number of rotatable bonds is 7. The van der Waals surface area contributed by atoms with Crippen LogP contribution in [0.2, 0.25) is 0 Å². The van der Waals surface area contributed by atoms with Gasteiger partial charge in [-0.1, -0.05) is 53.2 Å². The second kappa shape index (κ2) is 14.2. The molecule has 322 valence electrons. The number of aliphatic carboxylic acids is 3. The zero-order valence-corrected chi connectivity index (χ0v) is 34.2. The predicted octanol–water partition coefficient (Wildman–Crippen LogP) is 3.07. The van der Waals surface area contributed by atoms with Crippen LogP contribution in [0, 0.1) is 50.2 Å². The van der Waals surface area contributed by atoms with Crippen LogP contribution >= 0.6 is 0 Å². The van der Waals surface area contributed by atoms with E-state index in [-0.39, 0.29) is 38.9 Å². The van der Waals surface area contributed by atoms with E-state index in [1.165, 1.54) is 5.57 Å². The molecule has 7 rings (SSSR count). The van der Waals surface area contributed by atoms with Crippen LogP contribution in [-0.2, 0) is 33.3 Å². The van der Waals surface area contributed by atoms with Gasteiger partial charge in [0.15, 0.2) is 24.8 Å². The lowest BCUT2D eigenvalue weighted by Crippen LogP contribution is -2.66. The van der Waals surface area contributed by atoms with Gasteiger partial charge in [0, 0.05) is 0 Å². The third kappa shape index (κ3) is 6.52. The zero-order chi connectivity index (χ0) is 42.0. The first-order valence-corrected chi connectivity index (χ1v) is 20.8. The highest BCUT2D eigenvalue weighted by Crippen LogP contribution is 2.76. The highest BCUT2D eigenvalue weighted by Gasteiger charge is 2.68. The van der Waals surface area contributed by atoms with Gasteiger partial charge in [0.2, 0.25) is 0 Å². The van der Waals surface area contributed by atoms with E-state index >= 15 is 0 Å². The fourth-order valence-electron chi connectivity index (χ4n) is 13.7. The lowest BCUT2D eigenvalue weighted by molar-refractivity contribution is -0.368. The predicted molar refractivity (Wildman–Crippen MR) is 199 cm³/mol. The smallest absolute Gasteiger partial charge is 0.335 e. The van der Waals surface area contributed by atoms with Gasteiger partial charge >= 0.3 is 17.9 Å². The third-order valence-corrected chi connectivity index (χ3v) is 17.2. The summed E-state index contributed by atoms with van der Waals surface area (Å²) in [5.41, 5.74) is -0.142. The number of hydrogen-bond acceptors (Lipinski definition) is 12. The molecule has 2 heterocycles. The summed E-state index contributed by atoms with van der Waals surface area (Å²) in [5, 5.41) is 83.3. The lowest BCUT2D eigenvalue weighted by atomic mass is 9.33. The van der Waals surface area contributed by atoms with E-state index in [9.17, 15) is 55.2 Å². The lowest BCUT2D eigenvalue weighted by Gasteiger charge is -2.71. The summed E-state index contributed by atoms with van der Waals surface area (Å²) in [7, 11) is 0. The Bertz CT molecular complexity index is 1650. The Morgan fingerprint density at radius 3 is 1.88 bits per heavy atom. The molecule has 0 radical (unpaired) electrons. The largest absolute Gasteiger partial charge is 0.481 e. The van der Waals surface area contributed by atoms with E-state index in [1.807, 2.05) is 6.92 Å². The van der Waals surface area contributed by atoms with Gasteiger partial charge in [-0.05, 0) is 116 Å². The number of carbonyl (C=O) groups is 3. The average Bonchev–Trinajstić information content (AvgIpc) is 3.11. The molecule has 7 aliphatic rings. The summed E-state index contributed by atoms with van der Waals surface area (Å²) in [6.45, 7) is 15.8. The van der Waals surface area contributed by atoms with E-state index < -0.39 is 90.8 Å². The molecule has 4 saturated carbocycles. The Kier molecular flexibility index (Phi) is 10.7. The van der Waals surface area contributed by atoms with Crippen LogP contribution in [0.25, 0.3) is 0 Å². The molecule has 0 spiro atoms. The molecule has 15 heteroatoms. The molecule has 19 atom stereocenters. The van der Waals surface area contributed by atoms with Gasteiger partial charge in [-0.15, -0.1) is 0 Å². The number of allylic oxidation sites excluding steroid dienone is 2. The Balaban J connectivity index is 1.19. The molecular weight excluding hydrogens is 744 g/mol. The number of fused-ring (bicyclic) bond motifs is 7. The van der Waals surface area contributed by atoms with Gasteiger partial charge in [-0.2, -0.15) is 0 Å². The van der Waals surface area contributed by atoms with Gasteiger partial charge in [0.05, 0.1) is 11.5 Å². The summed E-state index contributed by atoms with van der Waals surface area (Å²) < 4.78 is 23.6. The fourth-order valence-corrected chi connectivity index (χ4v) is 13.7. The summed E-state index contributed by atoms with van der Waals surface area (Å²) >= 11 is 0. The van der Waals surface area contributed by atoms with Crippen LogP contribution < -0.4 is 0 Å². The van der Waals surface area contributed by atoms with Crippen molar-refractivity contribution in [2.75, 3.05) is 0 Å². The molecule has 0 aromatic rings. The maximum absolute atomic E-state index is 12.5. The molecule has 0 amide bonds. The molecule has 2 saturated heterocycles. The van der Waals surface area contributed by atoms with Gasteiger partial charge < -0.3 is 59.8 Å². The van der Waals surface area contributed by atoms with Crippen molar-refractivity contribution in [2.45, 2.75) is 180 Å². The van der Waals surface area contributed by atoms with Crippen molar-refractivity contribution >= 4 is 17.9 Å². The molecule has 0 aromatic carbocycles. The number of aliphatic hydroxyl groups is 5. The molecule has 57 heavy (non-hydrogen) atoms. The summed E-state index contributed by atoms with van der Waals surface area (Å²) in [6.07, 6.45) is -9.13. The third-order valence-electron chi connectivity index (χ3n) is 17.2. The number of carboxylic acids is 3. The van der Waals surface area contributed by atoms with Crippen molar-refractivity contribution in [1.82, 2.24) is 0 Å². The highest BCUT2D eigenvalue weighted by atomic mass is 16.8. The van der Waals surface area contributed by atoms with Crippen LogP contribution in [0.3, 0.4) is 0 Å². The number of hydrogen-bond donors (Lipinski definition) is 8. The second-order valence-corrected chi connectivity index (χ2v) is 20.8. The number of aliphatic hydroxyl groups excluding tert-OH is 5. The van der Waals surface area contributed by atoms with Crippen LogP contribution in [0.5, 0.6) is 0 Å². The van der Waals surface area contributed by atoms with Crippen LogP contribution in [-0.4, -0.2) is 126 Å². The maximum atomic E-state index is 12.5. The van der Waals surface area contributed by atoms with E-state index in [2.05, 4.69) is 47.6 Å². The monoisotopic (exact) mass is 808 g/mol. The first-order chi connectivity index (χ1) is 26.3. The van der Waals surface area contributed by atoms with Crippen molar-refractivity contribution in [3.8, 4) is 0 Å². The molecular formula is C42H64O15. The van der Waals surface area contributed by atoms with E-state index in [0.29, 0.717) is 31.6 Å². The van der Waals surface area contributed by atoms with Crippen molar-refractivity contribution < 1.29 is 74.2 Å². The van der Waals surface area contributed by atoms with Gasteiger partial charge in [0.25, 0.3) is 0 Å². The van der Waals surface area contributed by atoms with Crippen LogP contribution in [0.15, 0.2) is 11.6 Å². The van der Waals surface area contributed by atoms with Gasteiger partial charge in [-0.25, -0.2) is 9.59 Å². The Hall–Kier alpha value is -2.21.